The lowest BCUT2D eigenvalue weighted by Gasteiger charge is -2.33. The molecule has 0 aromatic heterocycles. The maximum atomic E-state index is 12.9. The number of rotatable bonds is 4. The molecule has 0 bridgehead atoms. The minimum atomic E-state index is -0.218. The number of hydrogen-bond donors (Lipinski definition) is 2. The van der Waals surface area contributed by atoms with Crippen LogP contribution in [0.5, 0.6) is 0 Å². The first-order chi connectivity index (χ1) is 7.87. The minimum absolute atomic E-state index is 0.0120. The molecule has 0 radical (unpaired) electrons. The average Bonchev–Trinajstić information content (AvgIpc) is 2.26. The lowest BCUT2D eigenvalue weighted by molar-refractivity contribution is 0.398. The molecule has 0 heterocycles. The Morgan fingerprint density at radius 1 is 1.29 bits per heavy atom. The first-order valence-electron chi connectivity index (χ1n) is 5.75. The van der Waals surface area contributed by atoms with E-state index in [1.54, 1.807) is 12.1 Å². The number of nitrogens with two attached hydrogens (primary N) is 1. The quantitative estimate of drug-likeness (QED) is 0.479. The highest BCUT2D eigenvalue weighted by Gasteiger charge is 2.28. The van der Waals surface area contributed by atoms with Crippen LogP contribution in [-0.4, -0.2) is 6.04 Å². The van der Waals surface area contributed by atoms with E-state index in [1.165, 1.54) is 17.7 Å². The van der Waals surface area contributed by atoms with Crippen molar-refractivity contribution in [3.8, 4) is 0 Å². The molecule has 1 atom stereocenters. The summed E-state index contributed by atoms with van der Waals surface area (Å²) in [5.74, 6) is 5.39. The highest BCUT2D eigenvalue weighted by atomic mass is 19.1. The van der Waals surface area contributed by atoms with Crippen LogP contribution in [0.3, 0.4) is 0 Å². The van der Waals surface area contributed by atoms with E-state index in [1.807, 2.05) is 13.8 Å². The van der Waals surface area contributed by atoms with Crippen molar-refractivity contribution in [2.45, 2.75) is 39.2 Å². The molecule has 17 heavy (non-hydrogen) atoms. The Morgan fingerprint density at radius 2 is 1.82 bits per heavy atom. The summed E-state index contributed by atoms with van der Waals surface area (Å²) in [5, 5.41) is 0. The molecular weight excluding hydrogens is 215 g/mol. The molecule has 3 heteroatoms. The van der Waals surface area contributed by atoms with Gasteiger partial charge in [-0.25, -0.2) is 4.39 Å². The molecule has 94 valence electrons. The zero-order valence-corrected chi connectivity index (χ0v) is 10.9. The van der Waals surface area contributed by atoms with Crippen molar-refractivity contribution in [3.05, 3.63) is 47.3 Å². The largest absolute Gasteiger partial charge is 0.271 e. The van der Waals surface area contributed by atoms with Crippen LogP contribution in [0.2, 0.25) is 0 Å². The zero-order valence-electron chi connectivity index (χ0n) is 10.9. The second-order valence-electron chi connectivity index (χ2n) is 5.12. The van der Waals surface area contributed by atoms with E-state index in [9.17, 15) is 4.39 Å². The Kier molecular flexibility index (Phi) is 4.43. The normalized spacial score (nSPS) is 13.3. The SMILES string of the molecule is CC(C)=CC(NN)C(C)(C)c1ccc(F)cc1. The Balaban J connectivity index is 3.07. The van der Waals surface area contributed by atoms with E-state index in [-0.39, 0.29) is 17.3 Å². The van der Waals surface area contributed by atoms with E-state index < -0.39 is 0 Å². The molecule has 0 aliphatic carbocycles. The van der Waals surface area contributed by atoms with Gasteiger partial charge in [0.15, 0.2) is 0 Å². The van der Waals surface area contributed by atoms with Crippen LogP contribution in [0, 0.1) is 5.82 Å². The number of benzene rings is 1. The van der Waals surface area contributed by atoms with Crippen LogP contribution in [0.15, 0.2) is 35.9 Å². The molecule has 0 aliphatic rings. The van der Waals surface area contributed by atoms with Crippen molar-refractivity contribution in [3.63, 3.8) is 0 Å². The van der Waals surface area contributed by atoms with Crippen molar-refractivity contribution in [1.82, 2.24) is 5.43 Å². The molecule has 0 saturated carbocycles. The summed E-state index contributed by atoms with van der Waals surface area (Å²) in [7, 11) is 0. The van der Waals surface area contributed by atoms with Gasteiger partial charge in [-0.3, -0.25) is 11.3 Å². The summed E-state index contributed by atoms with van der Waals surface area (Å²) in [6, 6.07) is 6.58. The molecule has 0 saturated heterocycles. The van der Waals surface area contributed by atoms with Gasteiger partial charge in [0, 0.05) is 11.5 Å². The predicted molar refractivity (Wildman–Crippen MR) is 70.0 cm³/mol. The average molecular weight is 236 g/mol. The number of hydrazine groups is 1. The fourth-order valence-corrected chi connectivity index (χ4v) is 1.86. The molecule has 1 aromatic carbocycles. The van der Waals surface area contributed by atoms with Crippen molar-refractivity contribution in [1.29, 1.82) is 0 Å². The van der Waals surface area contributed by atoms with Gasteiger partial charge in [0.25, 0.3) is 0 Å². The maximum Gasteiger partial charge on any atom is 0.123 e. The third-order valence-corrected chi connectivity index (χ3v) is 3.05. The summed E-state index contributed by atoms with van der Waals surface area (Å²) in [5.41, 5.74) is 4.87. The molecule has 0 amide bonds. The van der Waals surface area contributed by atoms with Gasteiger partial charge in [-0.1, -0.05) is 37.6 Å². The molecule has 0 spiro atoms. The molecule has 2 nitrogen and oxygen atoms in total. The van der Waals surface area contributed by atoms with E-state index in [0.717, 1.165) is 5.56 Å². The van der Waals surface area contributed by atoms with Gasteiger partial charge in [-0.05, 0) is 31.5 Å². The first-order valence-corrected chi connectivity index (χ1v) is 5.75. The monoisotopic (exact) mass is 236 g/mol. The summed E-state index contributed by atoms with van der Waals surface area (Å²) in [6.07, 6.45) is 2.09. The Morgan fingerprint density at radius 3 is 2.24 bits per heavy atom. The Bertz CT molecular complexity index is 389. The number of nitrogens with one attached hydrogen (secondary N) is 1. The van der Waals surface area contributed by atoms with E-state index in [2.05, 4.69) is 25.3 Å². The molecule has 0 aliphatic heterocycles. The van der Waals surface area contributed by atoms with Gasteiger partial charge in [0.05, 0.1) is 0 Å². The van der Waals surface area contributed by atoms with Crippen molar-refractivity contribution in [2.75, 3.05) is 0 Å². The molecule has 1 rings (SSSR count). The van der Waals surface area contributed by atoms with E-state index in [4.69, 9.17) is 5.84 Å². The van der Waals surface area contributed by atoms with Crippen molar-refractivity contribution in [2.24, 2.45) is 5.84 Å². The first kappa shape index (κ1) is 13.9. The van der Waals surface area contributed by atoms with Crippen molar-refractivity contribution >= 4 is 0 Å². The topological polar surface area (TPSA) is 38.0 Å². The smallest absolute Gasteiger partial charge is 0.123 e. The predicted octanol–water partition coefficient (Wildman–Crippen LogP) is 2.90. The third kappa shape index (κ3) is 3.38. The molecule has 1 unspecified atom stereocenters. The Hall–Kier alpha value is -1.19. The number of hydrogen-bond acceptors (Lipinski definition) is 2. The number of allylic oxidation sites excluding steroid dienone is 1. The standard InChI is InChI=1S/C14H21FN2/c1-10(2)9-13(17-16)14(3,4)11-5-7-12(15)8-6-11/h5-9,13,17H,16H2,1-4H3. The lowest BCUT2D eigenvalue weighted by atomic mass is 9.77. The van der Waals surface area contributed by atoms with Crippen LogP contribution in [0.1, 0.15) is 33.3 Å². The lowest BCUT2D eigenvalue weighted by Crippen LogP contribution is -2.47. The molecule has 0 fully saturated rings. The highest BCUT2D eigenvalue weighted by molar-refractivity contribution is 5.29. The fraction of sp³-hybridized carbons (Fsp3) is 0.429. The fourth-order valence-electron chi connectivity index (χ4n) is 1.86. The second-order valence-corrected chi connectivity index (χ2v) is 5.12. The second kappa shape index (κ2) is 5.43. The van der Waals surface area contributed by atoms with E-state index >= 15 is 0 Å². The maximum absolute atomic E-state index is 12.9. The van der Waals surface area contributed by atoms with Crippen LogP contribution in [0.4, 0.5) is 4.39 Å². The zero-order chi connectivity index (χ0) is 13.1. The molecule has 1 aromatic rings. The summed E-state index contributed by atoms with van der Waals surface area (Å²) in [6.45, 7) is 8.24. The van der Waals surface area contributed by atoms with Gasteiger partial charge in [0.2, 0.25) is 0 Å². The van der Waals surface area contributed by atoms with Gasteiger partial charge >= 0.3 is 0 Å². The Labute approximate surface area is 103 Å². The van der Waals surface area contributed by atoms with Crippen molar-refractivity contribution < 1.29 is 4.39 Å². The minimum Gasteiger partial charge on any atom is -0.271 e. The number of halogens is 1. The van der Waals surface area contributed by atoms with Gasteiger partial charge in [-0.15, -0.1) is 0 Å². The van der Waals surface area contributed by atoms with Crippen LogP contribution >= 0.6 is 0 Å². The summed E-state index contributed by atoms with van der Waals surface area (Å²) in [4.78, 5) is 0. The van der Waals surface area contributed by atoms with E-state index in [0.29, 0.717) is 0 Å². The summed E-state index contributed by atoms with van der Waals surface area (Å²) >= 11 is 0. The van der Waals surface area contributed by atoms with Gasteiger partial charge < -0.3 is 0 Å². The van der Waals surface area contributed by atoms with Crippen LogP contribution < -0.4 is 11.3 Å². The highest BCUT2D eigenvalue weighted by Crippen LogP contribution is 2.28. The van der Waals surface area contributed by atoms with Crippen LogP contribution in [0.25, 0.3) is 0 Å². The third-order valence-electron chi connectivity index (χ3n) is 3.05. The summed E-state index contributed by atoms with van der Waals surface area (Å²) < 4.78 is 12.9. The van der Waals surface area contributed by atoms with Crippen LogP contribution in [-0.2, 0) is 5.41 Å². The van der Waals surface area contributed by atoms with Gasteiger partial charge in [-0.2, -0.15) is 0 Å². The molecule has 3 N–H and O–H groups in total. The molecular formula is C14H21FN2. The van der Waals surface area contributed by atoms with Gasteiger partial charge in [0.1, 0.15) is 5.82 Å².